The number of esters is 1. The summed E-state index contributed by atoms with van der Waals surface area (Å²) in [5, 5.41) is 0. The number of carbonyl (C=O) groups is 1. The van der Waals surface area contributed by atoms with Gasteiger partial charge in [0, 0.05) is 10.0 Å². The molecular weight excluding hydrogens is 354 g/mol. The van der Waals surface area contributed by atoms with E-state index in [1.54, 1.807) is 52.8 Å². The highest BCUT2D eigenvalue weighted by Gasteiger charge is 2.30. The zero-order valence-corrected chi connectivity index (χ0v) is 15.2. The van der Waals surface area contributed by atoms with E-state index in [1.807, 2.05) is 6.07 Å². The topological polar surface area (TPSA) is 61.7 Å². The Morgan fingerprint density at radius 2 is 2.00 bits per heavy atom. The number of nitrogens with zero attached hydrogens (tertiary/aromatic N) is 1. The van der Waals surface area contributed by atoms with Crippen molar-refractivity contribution in [1.82, 2.24) is 0 Å². The molecule has 6 heteroatoms. The van der Waals surface area contributed by atoms with Crippen molar-refractivity contribution in [1.29, 1.82) is 0 Å². The molecule has 0 heterocycles. The molecule has 0 N–H and O–H groups in total. The average molecular weight is 374 g/mol. The first-order valence-corrected chi connectivity index (χ1v) is 8.49. The van der Waals surface area contributed by atoms with E-state index in [4.69, 9.17) is 4.74 Å². The third-order valence-electron chi connectivity index (χ3n) is 2.33. The van der Waals surface area contributed by atoms with Crippen molar-refractivity contribution in [3.8, 4) is 0 Å². The molecule has 0 aliphatic heterocycles. The van der Waals surface area contributed by atoms with E-state index in [0.29, 0.717) is 5.56 Å². The van der Waals surface area contributed by atoms with Gasteiger partial charge in [0.15, 0.2) is 0 Å². The van der Waals surface area contributed by atoms with Gasteiger partial charge in [-0.25, -0.2) is 4.79 Å². The van der Waals surface area contributed by atoms with E-state index in [-0.39, 0.29) is 11.8 Å². The maximum absolute atomic E-state index is 12.2. The van der Waals surface area contributed by atoms with Gasteiger partial charge in [-0.05, 0) is 46.8 Å². The summed E-state index contributed by atoms with van der Waals surface area (Å²) in [5.41, 5.74) is 0.658. The minimum Gasteiger partial charge on any atom is -0.591 e. The van der Waals surface area contributed by atoms with Crippen molar-refractivity contribution in [3.63, 3.8) is 0 Å². The molecule has 1 aromatic carbocycles. The van der Waals surface area contributed by atoms with E-state index >= 15 is 0 Å². The summed E-state index contributed by atoms with van der Waals surface area (Å²) < 4.78 is 21.8. The van der Waals surface area contributed by atoms with Gasteiger partial charge in [0.1, 0.15) is 16.1 Å². The molecule has 4 nitrogen and oxygen atoms in total. The number of carbonyl (C=O) groups excluding carboxylic acids is 1. The average Bonchev–Trinajstić information content (AvgIpc) is 2.33. The Kier molecular flexibility index (Phi) is 6.43. The molecule has 0 fully saturated rings. The van der Waals surface area contributed by atoms with E-state index in [1.165, 1.54) is 0 Å². The maximum Gasteiger partial charge on any atom is 0.362 e. The minimum absolute atomic E-state index is 0.0817. The standard InChI is InChI=1S/C15H20BrNO3S/c1-10(2)20-14(18)13(17-21(19)15(3,4)5)11-7-6-8-12(16)9-11/h6-10H,1-5H3/t21-/m0/s1. The fourth-order valence-corrected chi connectivity index (χ4v) is 2.35. The van der Waals surface area contributed by atoms with Gasteiger partial charge >= 0.3 is 5.97 Å². The lowest BCUT2D eigenvalue weighted by molar-refractivity contribution is -0.138. The van der Waals surface area contributed by atoms with Crippen molar-refractivity contribution in [2.45, 2.75) is 45.5 Å². The van der Waals surface area contributed by atoms with E-state index in [0.717, 1.165) is 4.47 Å². The second kappa shape index (κ2) is 7.42. The Hall–Kier alpha value is -0.850. The minimum atomic E-state index is -1.54. The fraction of sp³-hybridized carbons (Fsp3) is 0.467. The summed E-state index contributed by atoms with van der Waals surface area (Å²) in [6.07, 6.45) is -0.266. The van der Waals surface area contributed by atoms with Crippen LogP contribution in [0.5, 0.6) is 0 Å². The van der Waals surface area contributed by atoms with Gasteiger partial charge in [0.2, 0.25) is 5.71 Å². The Morgan fingerprint density at radius 1 is 1.38 bits per heavy atom. The van der Waals surface area contributed by atoms with Crippen LogP contribution in [0.1, 0.15) is 40.2 Å². The lowest BCUT2D eigenvalue weighted by atomic mass is 10.1. The van der Waals surface area contributed by atoms with Gasteiger partial charge < -0.3 is 9.29 Å². The van der Waals surface area contributed by atoms with Crippen LogP contribution in [0.15, 0.2) is 33.1 Å². The van der Waals surface area contributed by atoms with Crippen molar-refractivity contribution in [2.24, 2.45) is 4.40 Å². The molecule has 0 spiro atoms. The number of hydrogen-bond donors (Lipinski definition) is 0. The maximum atomic E-state index is 12.2. The second-order valence-corrected chi connectivity index (χ2v) is 8.59. The summed E-state index contributed by atoms with van der Waals surface area (Å²) in [5.74, 6) is -0.569. The van der Waals surface area contributed by atoms with Crippen LogP contribution in [0.25, 0.3) is 0 Å². The van der Waals surface area contributed by atoms with Crippen molar-refractivity contribution < 1.29 is 14.1 Å². The third-order valence-corrected chi connectivity index (χ3v) is 4.22. The van der Waals surface area contributed by atoms with Crippen LogP contribution in [0, 0.1) is 0 Å². The number of ether oxygens (including phenoxy) is 1. The predicted octanol–water partition coefficient (Wildman–Crippen LogP) is 3.65. The van der Waals surface area contributed by atoms with Gasteiger partial charge in [0.25, 0.3) is 0 Å². The smallest absolute Gasteiger partial charge is 0.362 e. The molecule has 0 radical (unpaired) electrons. The second-order valence-electron chi connectivity index (χ2n) is 5.77. The predicted molar refractivity (Wildman–Crippen MR) is 89.8 cm³/mol. The Balaban J connectivity index is 3.23. The van der Waals surface area contributed by atoms with Crippen LogP contribution in [0.2, 0.25) is 0 Å². The monoisotopic (exact) mass is 373 g/mol. The number of hydrogen-bond acceptors (Lipinski definition) is 4. The van der Waals surface area contributed by atoms with Crippen LogP contribution in [0.4, 0.5) is 0 Å². The first-order valence-electron chi connectivity index (χ1n) is 6.59. The molecule has 0 aromatic heterocycles. The van der Waals surface area contributed by atoms with Crippen LogP contribution in [-0.2, 0) is 20.9 Å². The fourth-order valence-electron chi connectivity index (χ4n) is 1.33. The highest BCUT2D eigenvalue weighted by molar-refractivity contribution is 9.10. The molecule has 0 amide bonds. The Morgan fingerprint density at radius 3 is 2.48 bits per heavy atom. The molecule has 116 valence electrons. The summed E-state index contributed by atoms with van der Waals surface area (Å²) >= 11 is 1.82. The van der Waals surface area contributed by atoms with E-state index in [2.05, 4.69) is 20.3 Å². The van der Waals surface area contributed by atoms with Crippen LogP contribution >= 0.6 is 15.9 Å². The Labute approximate surface area is 137 Å². The molecular formula is C15H20BrNO3S. The van der Waals surface area contributed by atoms with Gasteiger partial charge in [-0.2, -0.15) is 0 Å². The highest BCUT2D eigenvalue weighted by Crippen LogP contribution is 2.20. The molecule has 0 unspecified atom stereocenters. The van der Waals surface area contributed by atoms with E-state index < -0.39 is 22.1 Å². The molecule has 1 rings (SSSR count). The zero-order chi connectivity index (χ0) is 16.2. The molecule has 0 saturated carbocycles. The first-order chi connectivity index (χ1) is 9.61. The number of rotatable bonds is 4. The summed E-state index contributed by atoms with van der Waals surface area (Å²) in [6.45, 7) is 8.94. The number of benzene rings is 1. The van der Waals surface area contributed by atoms with Crippen LogP contribution < -0.4 is 0 Å². The van der Waals surface area contributed by atoms with Crippen molar-refractivity contribution >= 4 is 39.0 Å². The molecule has 21 heavy (non-hydrogen) atoms. The molecule has 0 bridgehead atoms. The van der Waals surface area contributed by atoms with Crippen molar-refractivity contribution in [3.05, 3.63) is 34.3 Å². The lowest BCUT2D eigenvalue weighted by Gasteiger charge is -2.19. The molecule has 1 atom stereocenters. The third kappa shape index (κ3) is 5.80. The first kappa shape index (κ1) is 18.2. The lowest BCUT2D eigenvalue weighted by Crippen LogP contribution is -2.30. The van der Waals surface area contributed by atoms with Gasteiger partial charge in [-0.3, -0.25) is 0 Å². The van der Waals surface area contributed by atoms with Gasteiger partial charge in [-0.1, -0.05) is 32.5 Å². The van der Waals surface area contributed by atoms with Crippen LogP contribution in [0.3, 0.4) is 0 Å². The highest BCUT2D eigenvalue weighted by atomic mass is 79.9. The number of halogens is 1. The Bertz CT molecular complexity index is 538. The van der Waals surface area contributed by atoms with Crippen molar-refractivity contribution in [2.75, 3.05) is 0 Å². The SMILES string of the molecule is CC(C)OC(=O)C(=N[S@@+]([O-])C(C)(C)C)c1cccc(Br)c1. The molecule has 0 aliphatic rings. The molecule has 0 aliphatic carbocycles. The quantitative estimate of drug-likeness (QED) is 0.459. The normalized spacial score (nSPS) is 14.2. The van der Waals surface area contributed by atoms with Crippen LogP contribution in [-0.4, -0.2) is 27.1 Å². The van der Waals surface area contributed by atoms with Gasteiger partial charge in [-0.15, -0.1) is 0 Å². The van der Waals surface area contributed by atoms with Gasteiger partial charge in [0.05, 0.1) is 6.10 Å². The zero-order valence-electron chi connectivity index (χ0n) is 12.8. The summed E-state index contributed by atoms with van der Waals surface area (Å²) in [6, 6.07) is 7.12. The molecule has 0 saturated heterocycles. The van der Waals surface area contributed by atoms with E-state index in [9.17, 15) is 9.35 Å². The summed E-state index contributed by atoms with van der Waals surface area (Å²) in [7, 11) is 0. The molecule has 1 aromatic rings. The largest absolute Gasteiger partial charge is 0.591 e. The summed E-state index contributed by atoms with van der Waals surface area (Å²) in [4.78, 5) is 12.2.